The van der Waals surface area contributed by atoms with E-state index in [2.05, 4.69) is 11.0 Å². The van der Waals surface area contributed by atoms with Gasteiger partial charge < -0.3 is 4.74 Å². The highest BCUT2D eigenvalue weighted by Gasteiger charge is 2.30. The van der Waals surface area contributed by atoms with E-state index in [1.807, 2.05) is 18.2 Å². The lowest BCUT2D eigenvalue weighted by atomic mass is 9.75. The molecule has 1 saturated heterocycles. The maximum atomic E-state index is 8.89. The highest BCUT2D eigenvalue weighted by atomic mass is 16.5. The average Bonchev–Trinajstić information content (AvgIpc) is 2.55. The number of hydrogen-bond acceptors (Lipinski definition) is 3. The third-order valence-corrected chi connectivity index (χ3v) is 5.01. The Morgan fingerprint density at radius 1 is 1.19 bits per heavy atom. The number of nitrogens with zero attached hydrogens (tertiary/aromatic N) is 2. The molecule has 1 aromatic carbocycles. The van der Waals surface area contributed by atoms with Gasteiger partial charge in [0.05, 0.1) is 11.6 Å². The molecule has 3 rings (SSSR count). The summed E-state index contributed by atoms with van der Waals surface area (Å²) in [5, 5.41) is 8.89. The Labute approximate surface area is 127 Å². The van der Waals surface area contributed by atoms with Crippen molar-refractivity contribution >= 4 is 0 Å². The second kappa shape index (κ2) is 6.95. The molecule has 0 bridgehead atoms. The average molecular weight is 284 g/mol. The molecule has 21 heavy (non-hydrogen) atoms. The normalized spacial score (nSPS) is 25.9. The Balaban J connectivity index is 1.44. The minimum absolute atomic E-state index is 0.663. The van der Waals surface area contributed by atoms with Crippen molar-refractivity contribution in [2.75, 3.05) is 26.2 Å². The van der Waals surface area contributed by atoms with Crippen LogP contribution in [0.1, 0.15) is 37.7 Å². The Kier molecular flexibility index (Phi) is 4.77. The number of fused-ring (bicyclic) bond motifs is 1. The summed E-state index contributed by atoms with van der Waals surface area (Å²) < 4.78 is 5.79. The summed E-state index contributed by atoms with van der Waals surface area (Å²) in [6, 6.07) is 9.57. The van der Waals surface area contributed by atoms with Crippen LogP contribution in [0.15, 0.2) is 24.3 Å². The maximum absolute atomic E-state index is 8.89. The van der Waals surface area contributed by atoms with E-state index in [1.54, 1.807) is 6.07 Å². The molecule has 0 spiro atoms. The van der Waals surface area contributed by atoms with Crippen molar-refractivity contribution in [2.24, 2.45) is 11.8 Å². The van der Waals surface area contributed by atoms with Crippen molar-refractivity contribution < 1.29 is 4.74 Å². The minimum atomic E-state index is 0.663. The number of benzene rings is 1. The molecular weight excluding hydrogens is 260 g/mol. The number of nitriles is 1. The number of likely N-dealkylation sites (tertiary alicyclic amines) is 1. The van der Waals surface area contributed by atoms with E-state index in [0.29, 0.717) is 12.2 Å². The van der Waals surface area contributed by atoms with Crippen molar-refractivity contribution in [3.05, 3.63) is 29.8 Å². The summed E-state index contributed by atoms with van der Waals surface area (Å²) in [4.78, 5) is 2.56. The number of piperidine rings is 1. The molecule has 3 heteroatoms. The van der Waals surface area contributed by atoms with Crippen molar-refractivity contribution in [3.8, 4) is 11.8 Å². The lowest BCUT2D eigenvalue weighted by Crippen LogP contribution is -2.43. The SMILES string of the molecule is N#Cc1cccc(OCCN2CCC3CCCCC3C2)c1. The van der Waals surface area contributed by atoms with Gasteiger partial charge in [0.15, 0.2) is 0 Å². The van der Waals surface area contributed by atoms with Gasteiger partial charge in [-0.15, -0.1) is 0 Å². The molecule has 0 amide bonds. The van der Waals surface area contributed by atoms with Gasteiger partial charge in [0, 0.05) is 13.1 Å². The molecule has 3 nitrogen and oxygen atoms in total. The molecular formula is C18H24N2O. The van der Waals surface area contributed by atoms with E-state index < -0.39 is 0 Å². The van der Waals surface area contributed by atoms with Gasteiger partial charge in [-0.25, -0.2) is 0 Å². The zero-order valence-corrected chi connectivity index (χ0v) is 12.6. The Morgan fingerprint density at radius 2 is 2.05 bits per heavy atom. The van der Waals surface area contributed by atoms with E-state index in [9.17, 15) is 0 Å². The van der Waals surface area contributed by atoms with Crippen molar-refractivity contribution in [1.82, 2.24) is 4.90 Å². The fourth-order valence-electron chi connectivity index (χ4n) is 3.83. The second-order valence-electron chi connectivity index (χ2n) is 6.38. The molecule has 2 unspecified atom stereocenters. The van der Waals surface area contributed by atoms with Crippen LogP contribution in [0, 0.1) is 23.2 Å². The van der Waals surface area contributed by atoms with Gasteiger partial charge >= 0.3 is 0 Å². The van der Waals surface area contributed by atoms with Gasteiger partial charge in [0.1, 0.15) is 12.4 Å². The molecule has 1 heterocycles. The molecule has 0 radical (unpaired) electrons. The lowest BCUT2D eigenvalue weighted by Gasteiger charge is -2.41. The first-order valence-corrected chi connectivity index (χ1v) is 8.20. The van der Waals surface area contributed by atoms with E-state index in [-0.39, 0.29) is 0 Å². The second-order valence-corrected chi connectivity index (χ2v) is 6.38. The Hall–Kier alpha value is -1.53. The van der Waals surface area contributed by atoms with Gasteiger partial charge in [-0.1, -0.05) is 25.3 Å². The summed E-state index contributed by atoms with van der Waals surface area (Å²) >= 11 is 0. The van der Waals surface area contributed by atoms with Crippen LogP contribution in [0.3, 0.4) is 0 Å². The number of rotatable bonds is 4. The number of hydrogen-bond donors (Lipinski definition) is 0. The molecule has 1 saturated carbocycles. The molecule has 1 aliphatic carbocycles. The molecule has 112 valence electrons. The number of ether oxygens (including phenoxy) is 1. The van der Waals surface area contributed by atoms with E-state index in [4.69, 9.17) is 10.00 Å². The first-order valence-electron chi connectivity index (χ1n) is 8.20. The van der Waals surface area contributed by atoms with Crippen LogP contribution in [-0.2, 0) is 0 Å². The summed E-state index contributed by atoms with van der Waals surface area (Å²) in [5.74, 6) is 2.72. The van der Waals surface area contributed by atoms with Crippen LogP contribution in [0.2, 0.25) is 0 Å². The van der Waals surface area contributed by atoms with Crippen molar-refractivity contribution in [3.63, 3.8) is 0 Å². The van der Waals surface area contributed by atoms with Gasteiger partial charge in [-0.2, -0.15) is 5.26 Å². The monoisotopic (exact) mass is 284 g/mol. The molecule has 2 atom stereocenters. The third kappa shape index (κ3) is 3.77. The largest absolute Gasteiger partial charge is 0.492 e. The van der Waals surface area contributed by atoms with Gasteiger partial charge in [-0.3, -0.25) is 4.90 Å². The van der Waals surface area contributed by atoms with Crippen LogP contribution in [-0.4, -0.2) is 31.1 Å². The van der Waals surface area contributed by atoms with Gasteiger partial charge in [-0.05, 0) is 49.4 Å². The first-order chi connectivity index (χ1) is 10.3. The highest BCUT2D eigenvalue weighted by Crippen LogP contribution is 2.35. The lowest BCUT2D eigenvalue weighted by molar-refractivity contribution is 0.0766. The Bertz CT molecular complexity index is 508. The first kappa shape index (κ1) is 14.4. The molecule has 1 aromatic rings. The molecule has 2 aliphatic rings. The summed E-state index contributed by atoms with van der Waals surface area (Å²) in [7, 11) is 0. The predicted octanol–water partition coefficient (Wildman–Crippen LogP) is 3.45. The molecule has 1 aliphatic heterocycles. The van der Waals surface area contributed by atoms with Crippen LogP contribution in [0.4, 0.5) is 0 Å². The van der Waals surface area contributed by atoms with Gasteiger partial charge in [0.25, 0.3) is 0 Å². The van der Waals surface area contributed by atoms with Crippen molar-refractivity contribution in [1.29, 1.82) is 5.26 Å². The van der Waals surface area contributed by atoms with E-state index in [1.165, 1.54) is 45.2 Å². The fraction of sp³-hybridized carbons (Fsp3) is 0.611. The van der Waals surface area contributed by atoms with E-state index in [0.717, 1.165) is 24.1 Å². The summed E-state index contributed by atoms with van der Waals surface area (Å²) in [6.07, 6.45) is 7.11. The quantitative estimate of drug-likeness (QED) is 0.849. The predicted molar refractivity (Wildman–Crippen MR) is 83.2 cm³/mol. The maximum Gasteiger partial charge on any atom is 0.120 e. The molecule has 2 fully saturated rings. The van der Waals surface area contributed by atoms with Crippen LogP contribution >= 0.6 is 0 Å². The molecule has 0 aromatic heterocycles. The summed E-state index contributed by atoms with van der Waals surface area (Å²) in [6.45, 7) is 4.20. The van der Waals surface area contributed by atoms with E-state index >= 15 is 0 Å². The highest BCUT2D eigenvalue weighted by molar-refractivity contribution is 5.36. The smallest absolute Gasteiger partial charge is 0.120 e. The zero-order valence-electron chi connectivity index (χ0n) is 12.6. The summed E-state index contributed by atoms with van der Waals surface area (Å²) in [5.41, 5.74) is 0.663. The van der Waals surface area contributed by atoms with Crippen molar-refractivity contribution in [2.45, 2.75) is 32.1 Å². The zero-order chi connectivity index (χ0) is 14.5. The van der Waals surface area contributed by atoms with Crippen LogP contribution in [0.5, 0.6) is 5.75 Å². The standard InChI is InChI=1S/C18H24N2O/c19-13-15-4-3-7-18(12-15)21-11-10-20-9-8-16-5-1-2-6-17(16)14-20/h3-4,7,12,16-17H,1-2,5-6,8-11,14H2. The van der Waals surface area contributed by atoms with Crippen LogP contribution in [0.25, 0.3) is 0 Å². The topological polar surface area (TPSA) is 36.3 Å². The minimum Gasteiger partial charge on any atom is -0.492 e. The fourth-order valence-corrected chi connectivity index (χ4v) is 3.83. The molecule has 0 N–H and O–H groups in total. The Morgan fingerprint density at radius 3 is 2.90 bits per heavy atom. The third-order valence-electron chi connectivity index (χ3n) is 5.01. The van der Waals surface area contributed by atoms with Gasteiger partial charge in [0.2, 0.25) is 0 Å². The van der Waals surface area contributed by atoms with Crippen LogP contribution < -0.4 is 4.74 Å².